The molecule has 1 N–H and O–H groups in total. The van der Waals surface area contributed by atoms with E-state index in [1.165, 1.54) is 0 Å². The largest absolute Gasteiger partial charge is 0.464 e. The normalized spacial score (nSPS) is 19.1. The average Bonchev–Trinajstić information content (AvgIpc) is 2.32. The first-order chi connectivity index (χ1) is 8.52. The highest BCUT2D eigenvalue weighted by Crippen LogP contribution is 2.12. The molecule has 1 amide bonds. The summed E-state index contributed by atoms with van der Waals surface area (Å²) in [6.45, 7) is 5.45. The maximum Gasteiger partial charge on any atom is 0.408 e. The van der Waals surface area contributed by atoms with Gasteiger partial charge in [-0.2, -0.15) is 0 Å². The van der Waals surface area contributed by atoms with Crippen molar-refractivity contribution in [1.29, 1.82) is 0 Å². The Balaban J connectivity index is 2.26. The van der Waals surface area contributed by atoms with E-state index in [-0.39, 0.29) is 6.10 Å². The highest BCUT2D eigenvalue weighted by molar-refractivity contribution is 5.80. The van der Waals surface area contributed by atoms with Gasteiger partial charge in [-0.15, -0.1) is 0 Å². The van der Waals surface area contributed by atoms with Crippen molar-refractivity contribution < 1.29 is 19.1 Å². The van der Waals surface area contributed by atoms with Crippen molar-refractivity contribution in [2.45, 2.75) is 38.8 Å². The van der Waals surface area contributed by atoms with Crippen molar-refractivity contribution in [3.8, 4) is 0 Å². The van der Waals surface area contributed by atoms with Gasteiger partial charge in [0, 0.05) is 13.1 Å². The topological polar surface area (TPSA) is 67.9 Å². The molecule has 0 aromatic heterocycles. The van der Waals surface area contributed by atoms with Crippen molar-refractivity contribution >= 4 is 12.1 Å². The zero-order valence-electron chi connectivity index (χ0n) is 11.3. The number of carbonyl (C=O) groups excluding carboxylic acids is 2. The zero-order chi connectivity index (χ0) is 13.5. The summed E-state index contributed by atoms with van der Waals surface area (Å²) < 4.78 is 10.0. The van der Waals surface area contributed by atoms with Gasteiger partial charge in [-0.05, 0) is 33.7 Å². The molecule has 1 aliphatic rings. The second-order valence-electron chi connectivity index (χ2n) is 4.53. The third-order valence-corrected chi connectivity index (χ3v) is 2.91. The van der Waals surface area contributed by atoms with Gasteiger partial charge in [0.2, 0.25) is 0 Å². The summed E-state index contributed by atoms with van der Waals surface area (Å²) in [7, 11) is 2.04. The molecule has 0 saturated carbocycles. The van der Waals surface area contributed by atoms with Crippen LogP contribution in [0.15, 0.2) is 0 Å². The van der Waals surface area contributed by atoms with Crippen LogP contribution in [0.3, 0.4) is 0 Å². The van der Waals surface area contributed by atoms with Crippen molar-refractivity contribution in [3.05, 3.63) is 0 Å². The zero-order valence-corrected chi connectivity index (χ0v) is 11.3. The molecule has 1 unspecified atom stereocenters. The molecule has 1 saturated heterocycles. The molecular formula is C12H22N2O4. The third kappa shape index (κ3) is 4.91. The molecule has 104 valence electrons. The number of esters is 1. The summed E-state index contributed by atoms with van der Waals surface area (Å²) >= 11 is 0. The molecule has 0 aromatic rings. The van der Waals surface area contributed by atoms with Crippen molar-refractivity contribution in [2.24, 2.45) is 0 Å². The van der Waals surface area contributed by atoms with E-state index < -0.39 is 18.1 Å². The SMILES string of the molecule is CCOC(=O)C(C)NC(=O)OC1CCN(C)CC1. The third-order valence-electron chi connectivity index (χ3n) is 2.91. The molecule has 0 spiro atoms. The standard InChI is InChI=1S/C12H22N2O4/c1-4-17-11(15)9(2)13-12(16)18-10-5-7-14(3)8-6-10/h9-10H,4-8H2,1-3H3,(H,13,16). The minimum Gasteiger partial charge on any atom is -0.464 e. The van der Waals surface area contributed by atoms with E-state index in [0.29, 0.717) is 6.61 Å². The first-order valence-corrected chi connectivity index (χ1v) is 6.35. The first kappa shape index (κ1) is 14.8. The fraction of sp³-hybridized carbons (Fsp3) is 0.833. The molecule has 0 radical (unpaired) electrons. The van der Waals surface area contributed by atoms with Crippen molar-refractivity contribution in [2.75, 3.05) is 26.7 Å². The van der Waals surface area contributed by atoms with Crippen LogP contribution in [0.5, 0.6) is 0 Å². The van der Waals surface area contributed by atoms with Crippen LogP contribution in [0.4, 0.5) is 4.79 Å². The summed E-state index contributed by atoms with van der Waals surface area (Å²) in [6, 6.07) is -0.677. The number of ether oxygens (including phenoxy) is 2. The molecule has 1 atom stereocenters. The van der Waals surface area contributed by atoms with E-state index in [0.717, 1.165) is 25.9 Å². The van der Waals surface area contributed by atoms with E-state index in [4.69, 9.17) is 9.47 Å². The molecular weight excluding hydrogens is 236 g/mol. The van der Waals surface area contributed by atoms with Gasteiger partial charge in [0.15, 0.2) is 0 Å². The van der Waals surface area contributed by atoms with Crippen LogP contribution in [0.25, 0.3) is 0 Å². The Bertz CT molecular complexity index is 288. The number of piperidine rings is 1. The number of rotatable bonds is 4. The number of likely N-dealkylation sites (tertiary alicyclic amines) is 1. The van der Waals surface area contributed by atoms with E-state index in [1.807, 2.05) is 7.05 Å². The molecule has 6 nitrogen and oxygen atoms in total. The average molecular weight is 258 g/mol. The minimum absolute atomic E-state index is 0.0596. The summed E-state index contributed by atoms with van der Waals surface area (Å²) in [6.07, 6.45) is 1.05. The number of hydrogen-bond acceptors (Lipinski definition) is 5. The molecule has 0 bridgehead atoms. The lowest BCUT2D eigenvalue weighted by atomic mass is 10.1. The van der Waals surface area contributed by atoms with Crippen LogP contribution in [-0.4, -0.2) is 55.9 Å². The highest BCUT2D eigenvalue weighted by atomic mass is 16.6. The van der Waals surface area contributed by atoms with Crippen LogP contribution in [0.1, 0.15) is 26.7 Å². The smallest absolute Gasteiger partial charge is 0.408 e. The Labute approximate surface area is 108 Å². The minimum atomic E-state index is -0.677. The fourth-order valence-corrected chi connectivity index (χ4v) is 1.79. The summed E-state index contributed by atoms with van der Waals surface area (Å²) in [4.78, 5) is 25.1. The lowest BCUT2D eigenvalue weighted by Crippen LogP contribution is -2.43. The number of amides is 1. The van der Waals surface area contributed by atoms with Crippen LogP contribution in [-0.2, 0) is 14.3 Å². The molecule has 1 aliphatic heterocycles. The van der Waals surface area contributed by atoms with Crippen molar-refractivity contribution in [1.82, 2.24) is 10.2 Å². The van der Waals surface area contributed by atoms with E-state index in [2.05, 4.69) is 10.2 Å². The van der Waals surface area contributed by atoms with Gasteiger partial charge >= 0.3 is 12.1 Å². The lowest BCUT2D eigenvalue weighted by molar-refractivity contribution is -0.145. The molecule has 18 heavy (non-hydrogen) atoms. The predicted octanol–water partition coefficient (Wildman–Crippen LogP) is 0.758. The van der Waals surface area contributed by atoms with E-state index in [1.54, 1.807) is 13.8 Å². The summed E-state index contributed by atoms with van der Waals surface area (Å²) in [5.41, 5.74) is 0. The number of carbonyl (C=O) groups is 2. The van der Waals surface area contributed by atoms with Crippen LogP contribution in [0, 0.1) is 0 Å². The van der Waals surface area contributed by atoms with Gasteiger partial charge in [-0.3, -0.25) is 0 Å². The van der Waals surface area contributed by atoms with Crippen LogP contribution >= 0.6 is 0 Å². The van der Waals surface area contributed by atoms with Crippen LogP contribution in [0.2, 0.25) is 0 Å². The van der Waals surface area contributed by atoms with E-state index in [9.17, 15) is 9.59 Å². The monoisotopic (exact) mass is 258 g/mol. The van der Waals surface area contributed by atoms with Gasteiger partial charge in [0.05, 0.1) is 6.61 Å². The maximum absolute atomic E-state index is 11.6. The number of hydrogen-bond donors (Lipinski definition) is 1. The number of nitrogens with zero attached hydrogens (tertiary/aromatic N) is 1. The van der Waals surface area contributed by atoms with Crippen molar-refractivity contribution in [3.63, 3.8) is 0 Å². The molecule has 1 fully saturated rings. The number of alkyl carbamates (subject to hydrolysis) is 1. The van der Waals surface area contributed by atoms with Gasteiger partial charge in [0.1, 0.15) is 12.1 Å². The Hall–Kier alpha value is -1.30. The first-order valence-electron chi connectivity index (χ1n) is 6.35. The maximum atomic E-state index is 11.6. The van der Waals surface area contributed by atoms with Gasteiger partial charge in [-0.25, -0.2) is 9.59 Å². The Morgan fingerprint density at radius 2 is 2.00 bits per heavy atom. The van der Waals surface area contributed by atoms with Gasteiger partial charge < -0.3 is 19.7 Å². The highest BCUT2D eigenvalue weighted by Gasteiger charge is 2.22. The second kappa shape index (κ2) is 7.20. The van der Waals surface area contributed by atoms with Gasteiger partial charge in [-0.1, -0.05) is 0 Å². The Morgan fingerprint density at radius 1 is 1.39 bits per heavy atom. The molecule has 0 aromatic carbocycles. The summed E-state index contributed by atoms with van der Waals surface area (Å²) in [5.74, 6) is -0.446. The second-order valence-corrected chi connectivity index (χ2v) is 4.53. The quantitative estimate of drug-likeness (QED) is 0.754. The number of nitrogens with one attached hydrogen (secondary N) is 1. The Morgan fingerprint density at radius 3 is 2.56 bits per heavy atom. The van der Waals surface area contributed by atoms with Gasteiger partial charge in [0.25, 0.3) is 0 Å². The lowest BCUT2D eigenvalue weighted by Gasteiger charge is -2.28. The molecule has 1 rings (SSSR count). The fourth-order valence-electron chi connectivity index (χ4n) is 1.79. The predicted molar refractivity (Wildman–Crippen MR) is 66.2 cm³/mol. The summed E-state index contributed by atoms with van der Waals surface area (Å²) in [5, 5.41) is 2.47. The Kier molecular flexibility index (Phi) is 5.91. The molecule has 6 heteroatoms. The molecule has 0 aliphatic carbocycles. The van der Waals surface area contributed by atoms with E-state index >= 15 is 0 Å². The molecule has 1 heterocycles. The van der Waals surface area contributed by atoms with Crippen LogP contribution < -0.4 is 5.32 Å².